The van der Waals surface area contributed by atoms with Gasteiger partial charge in [-0.2, -0.15) is 20.0 Å². The zero-order chi connectivity index (χ0) is 16.6. The van der Waals surface area contributed by atoms with Crippen molar-refractivity contribution in [3.05, 3.63) is 48.9 Å². The van der Waals surface area contributed by atoms with Crippen molar-refractivity contribution in [2.75, 3.05) is 23.7 Å². The number of anilines is 3. The fourth-order valence-electron chi connectivity index (χ4n) is 2.19. The highest BCUT2D eigenvalue weighted by molar-refractivity contribution is 5.59. The third kappa shape index (κ3) is 4.26. The van der Waals surface area contributed by atoms with Gasteiger partial charge in [-0.1, -0.05) is 6.07 Å². The molecule has 0 spiro atoms. The first-order chi connectivity index (χ1) is 11.8. The Balaban J connectivity index is 1.66. The quantitative estimate of drug-likeness (QED) is 0.544. The molecule has 2 heterocycles. The molecule has 124 valence electrons. The van der Waals surface area contributed by atoms with E-state index < -0.39 is 0 Å². The van der Waals surface area contributed by atoms with E-state index in [1.165, 1.54) is 0 Å². The first kappa shape index (κ1) is 15.9. The van der Waals surface area contributed by atoms with Gasteiger partial charge in [-0.3, -0.25) is 0 Å². The average molecular weight is 324 g/mol. The molecule has 2 aromatic heterocycles. The minimum Gasteiger partial charge on any atom is -0.354 e. The summed E-state index contributed by atoms with van der Waals surface area (Å²) in [6.45, 7) is 1.51. The topological polar surface area (TPSA) is 107 Å². The molecule has 24 heavy (non-hydrogen) atoms. The molecule has 3 aromatic rings. The van der Waals surface area contributed by atoms with Crippen LogP contribution in [-0.4, -0.2) is 38.1 Å². The SMILES string of the molecule is NCCCCNc1nccc(Nc2cccc(-n3nccn3)c2)n1. The van der Waals surface area contributed by atoms with Gasteiger partial charge in [-0.05, 0) is 43.7 Å². The maximum atomic E-state index is 5.49. The lowest BCUT2D eigenvalue weighted by molar-refractivity contribution is 0.752. The van der Waals surface area contributed by atoms with Crippen molar-refractivity contribution in [3.63, 3.8) is 0 Å². The molecule has 0 aliphatic heterocycles. The van der Waals surface area contributed by atoms with Gasteiger partial charge in [-0.25, -0.2) is 4.98 Å². The monoisotopic (exact) mass is 324 g/mol. The van der Waals surface area contributed by atoms with Gasteiger partial charge in [-0.15, -0.1) is 0 Å². The first-order valence-electron chi connectivity index (χ1n) is 7.86. The molecule has 0 bridgehead atoms. The molecule has 0 aliphatic carbocycles. The summed E-state index contributed by atoms with van der Waals surface area (Å²) in [6, 6.07) is 9.62. The van der Waals surface area contributed by atoms with Crippen LogP contribution in [0, 0.1) is 0 Å². The number of hydrogen-bond donors (Lipinski definition) is 3. The second-order valence-electron chi connectivity index (χ2n) is 5.18. The molecule has 0 amide bonds. The van der Waals surface area contributed by atoms with Crippen LogP contribution >= 0.6 is 0 Å². The number of aromatic nitrogens is 5. The zero-order valence-electron chi connectivity index (χ0n) is 13.3. The fourth-order valence-corrected chi connectivity index (χ4v) is 2.19. The molecule has 0 atom stereocenters. The van der Waals surface area contributed by atoms with E-state index in [9.17, 15) is 0 Å². The molecule has 0 unspecified atom stereocenters. The number of rotatable bonds is 8. The lowest BCUT2D eigenvalue weighted by atomic mass is 10.3. The summed E-state index contributed by atoms with van der Waals surface area (Å²) < 4.78 is 0. The van der Waals surface area contributed by atoms with Gasteiger partial charge in [0.05, 0.1) is 18.1 Å². The summed E-state index contributed by atoms with van der Waals surface area (Å²) in [5, 5.41) is 14.7. The van der Waals surface area contributed by atoms with Crippen molar-refractivity contribution >= 4 is 17.5 Å². The lowest BCUT2D eigenvalue weighted by Crippen LogP contribution is -2.08. The van der Waals surface area contributed by atoms with E-state index in [4.69, 9.17) is 5.73 Å². The van der Waals surface area contributed by atoms with E-state index in [-0.39, 0.29) is 0 Å². The number of nitrogens with zero attached hydrogens (tertiary/aromatic N) is 5. The van der Waals surface area contributed by atoms with Crippen molar-refractivity contribution in [2.45, 2.75) is 12.8 Å². The van der Waals surface area contributed by atoms with Gasteiger partial charge in [0.15, 0.2) is 0 Å². The van der Waals surface area contributed by atoms with E-state index in [1.54, 1.807) is 23.4 Å². The van der Waals surface area contributed by atoms with E-state index in [0.717, 1.165) is 36.6 Å². The van der Waals surface area contributed by atoms with Crippen LogP contribution in [0.15, 0.2) is 48.9 Å². The van der Waals surface area contributed by atoms with E-state index in [0.29, 0.717) is 12.5 Å². The fraction of sp³-hybridized carbons (Fsp3) is 0.250. The van der Waals surface area contributed by atoms with E-state index in [2.05, 4.69) is 30.8 Å². The summed E-state index contributed by atoms with van der Waals surface area (Å²) >= 11 is 0. The third-order valence-electron chi connectivity index (χ3n) is 3.34. The number of unbranched alkanes of at least 4 members (excludes halogenated alkanes) is 1. The molecular weight excluding hydrogens is 304 g/mol. The Kier molecular flexibility index (Phi) is 5.31. The van der Waals surface area contributed by atoms with Crippen molar-refractivity contribution in [1.82, 2.24) is 25.0 Å². The third-order valence-corrected chi connectivity index (χ3v) is 3.34. The Morgan fingerprint density at radius 2 is 1.92 bits per heavy atom. The number of benzene rings is 1. The Labute approximate surface area is 140 Å². The molecule has 0 aliphatic rings. The van der Waals surface area contributed by atoms with Crippen molar-refractivity contribution in [3.8, 4) is 5.69 Å². The number of nitrogens with two attached hydrogens (primary N) is 1. The van der Waals surface area contributed by atoms with Gasteiger partial charge in [0.25, 0.3) is 0 Å². The molecule has 0 fully saturated rings. The summed E-state index contributed by atoms with van der Waals surface area (Å²) in [5.41, 5.74) is 7.26. The van der Waals surface area contributed by atoms with Crippen LogP contribution < -0.4 is 16.4 Å². The average Bonchev–Trinajstić information content (AvgIpc) is 3.14. The van der Waals surface area contributed by atoms with Crippen molar-refractivity contribution < 1.29 is 0 Å². The lowest BCUT2D eigenvalue weighted by Gasteiger charge is -2.09. The summed E-state index contributed by atoms with van der Waals surface area (Å²) in [6.07, 6.45) is 7.00. The minimum atomic E-state index is 0.599. The Bertz CT molecular complexity index is 756. The van der Waals surface area contributed by atoms with Crippen LogP contribution in [0.25, 0.3) is 5.69 Å². The first-order valence-corrected chi connectivity index (χ1v) is 7.86. The van der Waals surface area contributed by atoms with Crippen LogP contribution in [0.1, 0.15) is 12.8 Å². The predicted octanol–water partition coefficient (Wildman–Crippen LogP) is 1.95. The van der Waals surface area contributed by atoms with Crippen LogP contribution in [-0.2, 0) is 0 Å². The Hall–Kier alpha value is -3.00. The highest BCUT2D eigenvalue weighted by atomic mass is 15.5. The van der Waals surface area contributed by atoms with Crippen LogP contribution in [0.2, 0.25) is 0 Å². The molecule has 0 saturated heterocycles. The molecule has 3 rings (SSSR count). The highest BCUT2D eigenvalue weighted by Gasteiger charge is 2.02. The highest BCUT2D eigenvalue weighted by Crippen LogP contribution is 2.18. The maximum absolute atomic E-state index is 5.49. The smallest absolute Gasteiger partial charge is 0.224 e. The molecule has 8 heteroatoms. The second-order valence-corrected chi connectivity index (χ2v) is 5.18. The van der Waals surface area contributed by atoms with Gasteiger partial charge >= 0.3 is 0 Å². The molecule has 8 nitrogen and oxygen atoms in total. The van der Waals surface area contributed by atoms with E-state index in [1.807, 2.05) is 30.3 Å². The molecular formula is C16H20N8. The number of nitrogens with one attached hydrogen (secondary N) is 2. The predicted molar refractivity (Wildman–Crippen MR) is 93.5 cm³/mol. The second kappa shape index (κ2) is 8.02. The van der Waals surface area contributed by atoms with Gasteiger partial charge in [0, 0.05) is 18.4 Å². The summed E-state index contributed by atoms with van der Waals surface area (Å²) in [4.78, 5) is 10.2. The normalized spacial score (nSPS) is 10.5. The van der Waals surface area contributed by atoms with E-state index >= 15 is 0 Å². The largest absolute Gasteiger partial charge is 0.354 e. The molecule has 1 aromatic carbocycles. The molecule has 0 saturated carbocycles. The molecule has 4 N–H and O–H groups in total. The van der Waals surface area contributed by atoms with Gasteiger partial charge in [0.1, 0.15) is 5.82 Å². The molecule has 0 radical (unpaired) electrons. The standard InChI is InChI=1S/C16H20N8/c17-7-1-2-8-18-16-19-9-6-15(23-16)22-13-4-3-5-14(12-13)24-20-10-11-21-24/h3-6,9-12H,1-2,7-8,17H2,(H2,18,19,22,23). The zero-order valence-corrected chi connectivity index (χ0v) is 13.3. The summed E-state index contributed by atoms with van der Waals surface area (Å²) in [7, 11) is 0. The van der Waals surface area contributed by atoms with Gasteiger partial charge in [0.2, 0.25) is 5.95 Å². The Morgan fingerprint density at radius 1 is 1.04 bits per heavy atom. The Morgan fingerprint density at radius 3 is 2.75 bits per heavy atom. The maximum Gasteiger partial charge on any atom is 0.224 e. The van der Waals surface area contributed by atoms with Crippen LogP contribution in [0.4, 0.5) is 17.5 Å². The van der Waals surface area contributed by atoms with Crippen molar-refractivity contribution in [2.24, 2.45) is 5.73 Å². The van der Waals surface area contributed by atoms with Crippen LogP contribution in [0.5, 0.6) is 0 Å². The summed E-state index contributed by atoms with van der Waals surface area (Å²) in [5.74, 6) is 1.32. The van der Waals surface area contributed by atoms with Crippen LogP contribution in [0.3, 0.4) is 0 Å². The van der Waals surface area contributed by atoms with Crippen molar-refractivity contribution in [1.29, 1.82) is 0 Å². The van der Waals surface area contributed by atoms with Gasteiger partial charge < -0.3 is 16.4 Å². The number of hydrogen-bond acceptors (Lipinski definition) is 7. The minimum absolute atomic E-state index is 0.599.